The van der Waals surface area contributed by atoms with Gasteiger partial charge < -0.3 is 20.5 Å². The number of nitrogens with one attached hydrogen (secondary N) is 1. The zero-order chi connectivity index (χ0) is 14.9. The third-order valence-corrected chi connectivity index (χ3v) is 3.43. The van der Waals surface area contributed by atoms with Crippen molar-refractivity contribution in [3.63, 3.8) is 0 Å². The molecule has 0 amide bonds. The van der Waals surface area contributed by atoms with Gasteiger partial charge in [0, 0.05) is 32.1 Å². The number of aryl methyl sites for hydroxylation is 1. The molecule has 1 aromatic carbocycles. The number of aliphatic imine (C=N–C) groups is 1. The van der Waals surface area contributed by atoms with E-state index >= 15 is 0 Å². The molecule has 1 fully saturated rings. The summed E-state index contributed by atoms with van der Waals surface area (Å²) in [7, 11) is 0. The van der Waals surface area contributed by atoms with E-state index in [9.17, 15) is 0 Å². The van der Waals surface area contributed by atoms with Crippen LogP contribution in [0.5, 0.6) is 0 Å². The first kappa shape index (κ1) is 19.2. The molecule has 0 radical (unpaired) electrons. The highest BCUT2D eigenvalue weighted by Gasteiger charge is 2.13. The average Bonchev–Trinajstić information content (AvgIpc) is 2.50. The third-order valence-electron chi connectivity index (χ3n) is 3.43. The van der Waals surface area contributed by atoms with E-state index in [0.29, 0.717) is 18.6 Å². The fraction of sp³-hybridized carbons (Fsp3) is 0.562. The maximum atomic E-state index is 5.85. The molecule has 1 aromatic rings. The molecule has 0 unspecified atom stereocenters. The summed E-state index contributed by atoms with van der Waals surface area (Å²) in [6, 6.07) is 8.06. The minimum Gasteiger partial charge on any atom is -0.381 e. The summed E-state index contributed by atoms with van der Waals surface area (Å²) < 4.78 is 11.1. The lowest BCUT2D eigenvalue weighted by molar-refractivity contribution is -0.0318. The number of nitrogens with zero attached hydrogens (tertiary/aromatic N) is 1. The number of ether oxygens (including phenoxy) is 2. The standard InChI is InChI=1S/C16H25N3O2.HI/c1-13-3-5-14(6-4-13)19-16(17)18-9-2-10-21-15-7-11-20-12-8-15;/h3-6,15H,2,7-12H2,1H3,(H3,17,18,19);1H. The second-order valence-electron chi connectivity index (χ2n) is 5.29. The Kier molecular flexibility index (Phi) is 9.42. The van der Waals surface area contributed by atoms with E-state index in [1.54, 1.807) is 0 Å². The van der Waals surface area contributed by atoms with Crippen LogP contribution in [0.2, 0.25) is 0 Å². The summed E-state index contributed by atoms with van der Waals surface area (Å²) in [6.45, 7) is 5.09. The Morgan fingerprint density at radius 3 is 2.68 bits per heavy atom. The smallest absolute Gasteiger partial charge is 0.193 e. The molecule has 3 N–H and O–H groups in total. The molecule has 22 heavy (non-hydrogen) atoms. The van der Waals surface area contributed by atoms with Gasteiger partial charge in [-0.3, -0.25) is 4.99 Å². The van der Waals surface area contributed by atoms with Crippen LogP contribution in [0.3, 0.4) is 0 Å². The quantitative estimate of drug-likeness (QED) is 0.322. The monoisotopic (exact) mass is 419 g/mol. The molecule has 0 aliphatic carbocycles. The first-order chi connectivity index (χ1) is 10.2. The average molecular weight is 419 g/mol. The van der Waals surface area contributed by atoms with Gasteiger partial charge in [-0.05, 0) is 38.3 Å². The van der Waals surface area contributed by atoms with Crippen molar-refractivity contribution in [2.45, 2.75) is 32.3 Å². The van der Waals surface area contributed by atoms with E-state index in [1.807, 2.05) is 24.3 Å². The number of rotatable bonds is 6. The van der Waals surface area contributed by atoms with Crippen molar-refractivity contribution in [3.8, 4) is 0 Å². The van der Waals surface area contributed by atoms with Crippen molar-refractivity contribution in [2.75, 3.05) is 31.7 Å². The van der Waals surface area contributed by atoms with Gasteiger partial charge in [0.25, 0.3) is 0 Å². The normalized spacial score (nSPS) is 16.1. The summed E-state index contributed by atoms with van der Waals surface area (Å²) in [6.07, 6.45) is 3.24. The molecule has 124 valence electrons. The van der Waals surface area contributed by atoms with Crippen LogP contribution in [-0.2, 0) is 9.47 Å². The lowest BCUT2D eigenvalue weighted by Crippen LogP contribution is -2.24. The molecule has 0 bridgehead atoms. The van der Waals surface area contributed by atoms with Crippen molar-refractivity contribution in [3.05, 3.63) is 29.8 Å². The number of hydrogen-bond donors (Lipinski definition) is 2. The Morgan fingerprint density at radius 1 is 1.32 bits per heavy atom. The van der Waals surface area contributed by atoms with Crippen molar-refractivity contribution >= 4 is 35.6 Å². The van der Waals surface area contributed by atoms with Crippen LogP contribution in [-0.4, -0.2) is 38.4 Å². The summed E-state index contributed by atoms with van der Waals surface area (Å²) in [5.41, 5.74) is 8.03. The predicted octanol–water partition coefficient (Wildman–Crippen LogP) is 2.93. The van der Waals surface area contributed by atoms with E-state index in [-0.39, 0.29) is 24.0 Å². The Labute approximate surface area is 149 Å². The van der Waals surface area contributed by atoms with Crippen LogP contribution in [0.15, 0.2) is 29.3 Å². The molecule has 0 saturated carbocycles. The van der Waals surface area contributed by atoms with Crippen LogP contribution >= 0.6 is 24.0 Å². The predicted molar refractivity (Wildman–Crippen MR) is 101 cm³/mol. The second-order valence-corrected chi connectivity index (χ2v) is 5.29. The zero-order valence-corrected chi connectivity index (χ0v) is 15.4. The van der Waals surface area contributed by atoms with Crippen molar-refractivity contribution in [1.82, 2.24) is 0 Å². The number of benzene rings is 1. The molecule has 1 saturated heterocycles. The molecule has 0 atom stereocenters. The van der Waals surface area contributed by atoms with E-state index in [1.165, 1.54) is 5.56 Å². The van der Waals surface area contributed by atoms with Crippen LogP contribution in [0.25, 0.3) is 0 Å². The van der Waals surface area contributed by atoms with Gasteiger partial charge >= 0.3 is 0 Å². The van der Waals surface area contributed by atoms with Gasteiger partial charge in [-0.1, -0.05) is 17.7 Å². The fourth-order valence-corrected chi connectivity index (χ4v) is 2.18. The van der Waals surface area contributed by atoms with Gasteiger partial charge in [-0.25, -0.2) is 0 Å². The SMILES string of the molecule is Cc1ccc(NC(N)=NCCCOC2CCOCC2)cc1.I. The summed E-state index contributed by atoms with van der Waals surface area (Å²) >= 11 is 0. The van der Waals surface area contributed by atoms with Gasteiger partial charge in [0.15, 0.2) is 5.96 Å². The summed E-state index contributed by atoms with van der Waals surface area (Å²) in [5, 5.41) is 3.08. The third kappa shape index (κ3) is 7.42. The molecule has 1 aliphatic rings. The molecule has 0 spiro atoms. The Balaban J connectivity index is 0.00000242. The van der Waals surface area contributed by atoms with E-state index < -0.39 is 0 Å². The van der Waals surface area contributed by atoms with Crippen LogP contribution in [0, 0.1) is 6.92 Å². The highest BCUT2D eigenvalue weighted by atomic mass is 127. The summed E-state index contributed by atoms with van der Waals surface area (Å²) in [5.74, 6) is 0.449. The summed E-state index contributed by atoms with van der Waals surface area (Å²) in [4.78, 5) is 4.30. The van der Waals surface area contributed by atoms with Crippen LogP contribution in [0.4, 0.5) is 5.69 Å². The Bertz CT molecular complexity index is 445. The van der Waals surface area contributed by atoms with Crippen molar-refractivity contribution in [1.29, 1.82) is 0 Å². The number of nitrogens with two attached hydrogens (primary N) is 1. The minimum absolute atomic E-state index is 0. The number of anilines is 1. The number of halogens is 1. The molecule has 1 aliphatic heterocycles. The molecule has 0 aromatic heterocycles. The van der Waals surface area contributed by atoms with Crippen LogP contribution < -0.4 is 11.1 Å². The zero-order valence-electron chi connectivity index (χ0n) is 13.1. The largest absolute Gasteiger partial charge is 0.381 e. The molecule has 6 heteroatoms. The van der Waals surface area contributed by atoms with E-state index in [4.69, 9.17) is 15.2 Å². The molecular weight excluding hydrogens is 393 g/mol. The first-order valence-electron chi connectivity index (χ1n) is 7.57. The van der Waals surface area contributed by atoms with Gasteiger partial charge in [-0.15, -0.1) is 24.0 Å². The van der Waals surface area contributed by atoms with Gasteiger partial charge in [0.1, 0.15) is 0 Å². The Morgan fingerprint density at radius 2 is 2.00 bits per heavy atom. The number of guanidine groups is 1. The molecular formula is C16H26IN3O2. The maximum absolute atomic E-state index is 5.85. The van der Waals surface area contributed by atoms with Gasteiger partial charge in [0.05, 0.1) is 6.10 Å². The highest BCUT2D eigenvalue weighted by molar-refractivity contribution is 14.0. The maximum Gasteiger partial charge on any atom is 0.193 e. The first-order valence-corrected chi connectivity index (χ1v) is 7.57. The highest BCUT2D eigenvalue weighted by Crippen LogP contribution is 2.10. The van der Waals surface area contributed by atoms with E-state index in [2.05, 4.69) is 17.2 Å². The Hall–Kier alpha value is -0.860. The minimum atomic E-state index is 0. The number of hydrogen-bond acceptors (Lipinski definition) is 3. The van der Waals surface area contributed by atoms with Crippen LogP contribution in [0.1, 0.15) is 24.8 Å². The van der Waals surface area contributed by atoms with Gasteiger partial charge in [0.2, 0.25) is 0 Å². The second kappa shape index (κ2) is 10.8. The molecule has 5 nitrogen and oxygen atoms in total. The van der Waals surface area contributed by atoms with Crippen molar-refractivity contribution in [2.24, 2.45) is 10.7 Å². The van der Waals surface area contributed by atoms with E-state index in [0.717, 1.165) is 44.8 Å². The fourth-order valence-electron chi connectivity index (χ4n) is 2.18. The molecule has 2 rings (SSSR count). The van der Waals surface area contributed by atoms with Gasteiger partial charge in [-0.2, -0.15) is 0 Å². The lowest BCUT2D eigenvalue weighted by atomic mass is 10.1. The van der Waals surface area contributed by atoms with Crippen molar-refractivity contribution < 1.29 is 9.47 Å². The molecule has 1 heterocycles. The topological polar surface area (TPSA) is 68.9 Å². The lowest BCUT2D eigenvalue weighted by Gasteiger charge is -2.22.